The largest absolute Gasteiger partial charge is 0.350 e. The Labute approximate surface area is 106 Å². The van der Waals surface area contributed by atoms with Gasteiger partial charge in [0.15, 0.2) is 5.78 Å². The van der Waals surface area contributed by atoms with Crippen molar-refractivity contribution in [1.82, 2.24) is 5.32 Å². The van der Waals surface area contributed by atoms with Crippen LogP contribution in [0.4, 0.5) is 0 Å². The summed E-state index contributed by atoms with van der Waals surface area (Å²) in [6, 6.07) is 0. The van der Waals surface area contributed by atoms with E-state index >= 15 is 0 Å². The van der Waals surface area contributed by atoms with Crippen LogP contribution in [0.3, 0.4) is 0 Å². The summed E-state index contributed by atoms with van der Waals surface area (Å²) in [6.07, 6.45) is 8.52. The molecule has 0 aromatic carbocycles. The van der Waals surface area contributed by atoms with E-state index in [1.165, 1.54) is 6.08 Å². The van der Waals surface area contributed by atoms with E-state index in [2.05, 4.69) is 10.3 Å². The van der Waals surface area contributed by atoms with Crippen LogP contribution in [0.5, 0.6) is 0 Å². The van der Waals surface area contributed by atoms with Crippen LogP contribution in [-0.4, -0.2) is 23.9 Å². The zero-order valence-electron chi connectivity index (χ0n) is 10.5. The molecule has 1 aliphatic heterocycles. The molecule has 1 atom stereocenters. The molecule has 1 unspecified atom stereocenters. The zero-order chi connectivity index (χ0) is 13.1. The molecule has 0 fully saturated rings. The molecule has 0 saturated carbocycles. The van der Waals surface area contributed by atoms with Crippen molar-refractivity contribution in [3.05, 3.63) is 36.1 Å². The van der Waals surface area contributed by atoms with Crippen molar-refractivity contribution in [2.45, 2.75) is 13.8 Å². The number of hydrogen-bond donors (Lipinski definition) is 1. The molecule has 2 rings (SSSR count). The lowest BCUT2D eigenvalue weighted by Gasteiger charge is -2.18. The van der Waals surface area contributed by atoms with Gasteiger partial charge in [-0.1, -0.05) is 32.1 Å². The Hall–Kier alpha value is -1.97. The molecule has 0 bridgehead atoms. The van der Waals surface area contributed by atoms with E-state index < -0.39 is 0 Å². The maximum Gasteiger partial charge on any atom is 0.270 e. The van der Waals surface area contributed by atoms with Crippen LogP contribution in [0.2, 0.25) is 0 Å². The van der Waals surface area contributed by atoms with Gasteiger partial charge in [0.1, 0.15) is 5.70 Å². The predicted octanol–water partition coefficient (Wildman–Crippen LogP) is 1.41. The molecule has 2 aliphatic rings. The first kappa shape index (κ1) is 12.5. The molecule has 0 aromatic rings. The van der Waals surface area contributed by atoms with Gasteiger partial charge in [-0.2, -0.15) is 0 Å². The standard InChI is InChI=1S/C14H16N2O2/c1-9(2)8-15-14(18)12-7-13(17)10-5-3-4-6-11(10)16-12/h3-7,9-10H,8H2,1-2H3,(H,15,18). The Bertz CT molecular complexity index is 496. The number of carbonyl (C=O) groups excluding carboxylic acids is 2. The third-order valence-corrected chi connectivity index (χ3v) is 2.74. The molecule has 4 nitrogen and oxygen atoms in total. The van der Waals surface area contributed by atoms with Crippen molar-refractivity contribution in [2.75, 3.05) is 6.54 Å². The number of hydrogen-bond acceptors (Lipinski definition) is 3. The first-order valence-electron chi connectivity index (χ1n) is 6.05. The highest BCUT2D eigenvalue weighted by Gasteiger charge is 2.26. The third kappa shape index (κ3) is 2.64. The van der Waals surface area contributed by atoms with E-state index in [9.17, 15) is 9.59 Å². The van der Waals surface area contributed by atoms with Crippen LogP contribution in [-0.2, 0) is 9.59 Å². The van der Waals surface area contributed by atoms with Crippen molar-refractivity contribution in [3.63, 3.8) is 0 Å². The Morgan fingerprint density at radius 2 is 2.22 bits per heavy atom. The highest BCUT2D eigenvalue weighted by atomic mass is 16.2. The van der Waals surface area contributed by atoms with Crippen LogP contribution in [0.25, 0.3) is 0 Å². The molecule has 0 spiro atoms. The van der Waals surface area contributed by atoms with E-state index in [1.54, 1.807) is 12.2 Å². The molecule has 1 amide bonds. The van der Waals surface area contributed by atoms with E-state index in [0.29, 0.717) is 18.2 Å². The normalized spacial score (nSPS) is 21.5. The Balaban J connectivity index is 2.13. The average Bonchev–Trinajstić information content (AvgIpc) is 2.36. The second-order valence-corrected chi connectivity index (χ2v) is 4.79. The van der Waals surface area contributed by atoms with Crippen LogP contribution in [0.1, 0.15) is 13.8 Å². The average molecular weight is 244 g/mol. The van der Waals surface area contributed by atoms with Crippen LogP contribution >= 0.6 is 0 Å². The van der Waals surface area contributed by atoms with Gasteiger partial charge in [0.05, 0.1) is 11.6 Å². The molecular weight excluding hydrogens is 228 g/mol. The second kappa shape index (κ2) is 5.12. The lowest BCUT2D eigenvalue weighted by atomic mass is 9.91. The van der Waals surface area contributed by atoms with Crippen LogP contribution < -0.4 is 5.32 Å². The summed E-state index contributed by atoms with van der Waals surface area (Å²) in [4.78, 5) is 27.9. The Morgan fingerprint density at radius 1 is 1.44 bits per heavy atom. The minimum Gasteiger partial charge on any atom is -0.350 e. The van der Waals surface area contributed by atoms with Gasteiger partial charge in [0, 0.05) is 12.6 Å². The fraction of sp³-hybridized carbons (Fsp3) is 0.357. The van der Waals surface area contributed by atoms with E-state index in [-0.39, 0.29) is 23.3 Å². The summed E-state index contributed by atoms with van der Waals surface area (Å²) in [5, 5.41) is 2.76. The number of nitrogens with zero attached hydrogens (tertiary/aromatic N) is 1. The summed E-state index contributed by atoms with van der Waals surface area (Å²) >= 11 is 0. The number of rotatable bonds is 3. The molecule has 94 valence electrons. The molecule has 4 heteroatoms. The number of allylic oxidation sites excluding steroid dienone is 5. The minimum atomic E-state index is -0.323. The Kier molecular flexibility index (Phi) is 3.55. The molecule has 1 heterocycles. The zero-order valence-corrected chi connectivity index (χ0v) is 10.5. The van der Waals surface area contributed by atoms with Gasteiger partial charge in [0.2, 0.25) is 0 Å². The summed E-state index contributed by atoms with van der Waals surface area (Å²) in [6.45, 7) is 4.60. The summed E-state index contributed by atoms with van der Waals surface area (Å²) < 4.78 is 0. The number of aliphatic imine (C=N–C) groups is 1. The molecule has 0 aromatic heterocycles. The first-order valence-corrected chi connectivity index (χ1v) is 6.05. The van der Waals surface area contributed by atoms with Gasteiger partial charge in [0.25, 0.3) is 5.91 Å². The smallest absolute Gasteiger partial charge is 0.270 e. The molecule has 18 heavy (non-hydrogen) atoms. The fourth-order valence-corrected chi connectivity index (χ4v) is 1.78. The van der Waals surface area contributed by atoms with Crippen molar-refractivity contribution < 1.29 is 9.59 Å². The van der Waals surface area contributed by atoms with E-state index in [0.717, 1.165) is 0 Å². The summed E-state index contributed by atoms with van der Waals surface area (Å²) in [7, 11) is 0. The maximum atomic E-state index is 11.9. The summed E-state index contributed by atoms with van der Waals surface area (Å²) in [5.41, 5.74) is 0.839. The summed E-state index contributed by atoms with van der Waals surface area (Å²) in [5.74, 6) is -0.329. The van der Waals surface area contributed by atoms with Crippen LogP contribution in [0, 0.1) is 11.8 Å². The fourth-order valence-electron chi connectivity index (χ4n) is 1.78. The molecule has 1 N–H and O–H groups in total. The highest BCUT2D eigenvalue weighted by molar-refractivity contribution is 6.21. The number of fused-ring (bicyclic) bond motifs is 1. The lowest BCUT2D eigenvalue weighted by molar-refractivity contribution is -0.119. The minimum absolute atomic E-state index is 0.0877. The number of nitrogens with one attached hydrogen (secondary N) is 1. The highest BCUT2D eigenvalue weighted by Crippen LogP contribution is 2.19. The van der Waals surface area contributed by atoms with Gasteiger partial charge in [-0.15, -0.1) is 0 Å². The van der Waals surface area contributed by atoms with Gasteiger partial charge in [-0.05, 0) is 12.0 Å². The van der Waals surface area contributed by atoms with E-state index in [1.807, 2.05) is 26.0 Å². The van der Waals surface area contributed by atoms with E-state index in [4.69, 9.17) is 0 Å². The Morgan fingerprint density at radius 3 is 2.94 bits per heavy atom. The quantitative estimate of drug-likeness (QED) is 0.816. The molecule has 0 saturated heterocycles. The van der Waals surface area contributed by atoms with Crippen molar-refractivity contribution in [1.29, 1.82) is 0 Å². The topological polar surface area (TPSA) is 58.5 Å². The second-order valence-electron chi connectivity index (χ2n) is 4.79. The first-order chi connectivity index (χ1) is 8.58. The SMILES string of the molecule is CC(C)CNC(=O)C1=CC(=O)C2C=CC=CC2=N1. The van der Waals surface area contributed by atoms with Gasteiger partial charge < -0.3 is 5.32 Å². The predicted molar refractivity (Wildman–Crippen MR) is 70.1 cm³/mol. The number of carbonyl (C=O) groups is 2. The van der Waals surface area contributed by atoms with Gasteiger partial charge >= 0.3 is 0 Å². The monoisotopic (exact) mass is 244 g/mol. The van der Waals surface area contributed by atoms with Crippen molar-refractivity contribution in [2.24, 2.45) is 16.8 Å². The molecular formula is C14H16N2O2. The lowest BCUT2D eigenvalue weighted by Crippen LogP contribution is -2.32. The van der Waals surface area contributed by atoms with Gasteiger partial charge in [-0.25, -0.2) is 4.99 Å². The number of ketones is 1. The maximum absolute atomic E-state index is 11.9. The van der Waals surface area contributed by atoms with Crippen molar-refractivity contribution in [3.8, 4) is 0 Å². The molecule has 0 radical (unpaired) electrons. The van der Waals surface area contributed by atoms with Gasteiger partial charge in [-0.3, -0.25) is 9.59 Å². The van der Waals surface area contributed by atoms with Crippen LogP contribution in [0.15, 0.2) is 41.1 Å². The van der Waals surface area contributed by atoms with Crippen molar-refractivity contribution >= 4 is 17.4 Å². The molecule has 1 aliphatic carbocycles. The third-order valence-electron chi connectivity index (χ3n) is 2.74. The number of amides is 1.